The highest BCUT2D eigenvalue weighted by molar-refractivity contribution is 6.29. The summed E-state index contributed by atoms with van der Waals surface area (Å²) in [5, 5.41) is 12.5. The van der Waals surface area contributed by atoms with Gasteiger partial charge in [-0.25, -0.2) is 4.79 Å². The number of carbonyl (C=O) groups excluding carboxylic acids is 1. The van der Waals surface area contributed by atoms with Crippen LogP contribution in [0, 0.1) is 5.92 Å². The van der Waals surface area contributed by atoms with E-state index in [4.69, 9.17) is 14.1 Å². The molecule has 2 aliphatic heterocycles. The zero-order valence-corrected chi connectivity index (χ0v) is 17.0. The van der Waals surface area contributed by atoms with E-state index < -0.39 is 5.97 Å². The first kappa shape index (κ1) is 21.5. The standard InChI is InChI=1S/C20H28BN2O6/c1-13(19(24)22-8-3-9-27-2)10-23-11-15(12-23)28-16-5-4-14-6-7-21-29-18(14)17(16)20(25)26/h4-5,13,15H,3,6-12H2,1-2H3,(H,22,24)(H,25,26). The molecule has 0 spiro atoms. The number of nitrogens with zero attached hydrogens (tertiary/aromatic N) is 1. The SMILES string of the molecule is COCCCNC(=O)C(C)CN1CC(Oc2ccc3c(c2C(=O)O)O[B]CC3)C1. The maximum Gasteiger partial charge on any atom is 0.370 e. The van der Waals surface area contributed by atoms with Crippen molar-refractivity contribution >= 4 is 19.4 Å². The summed E-state index contributed by atoms with van der Waals surface area (Å²) in [5.41, 5.74) is 0.971. The van der Waals surface area contributed by atoms with Crippen LogP contribution < -0.4 is 14.7 Å². The lowest BCUT2D eigenvalue weighted by Crippen LogP contribution is -2.56. The van der Waals surface area contributed by atoms with Crippen molar-refractivity contribution in [1.82, 2.24) is 10.2 Å². The molecule has 2 heterocycles. The number of carbonyl (C=O) groups is 2. The molecule has 0 saturated carbocycles. The number of likely N-dealkylation sites (tertiary alicyclic amines) is 1. The predicted octanol–water partition coefficient (Wildman–Crippen LogP) is 1.21. The van der Waals surface area contributed by atoms with Crippen LogP contribution in [-0.4, -0.2) is 75.4 Å². The second-order valence-corrected chi connectivity index (χ2v) is 7.55. The molecule has 1 amide bonds. The van der Waals surface area contributed by atoms with Crippen molar-refractivity contribution in [3.63, 3.8) is 0 Å². The van der Waals surface area contributed by atoms with E-state index in [1.54, 1.807) is 20.7 Å². The van der Waals surface area contributed by atoms with E-state index in [2.05, 4.69) is 10.2 Å². The molecule has 0 bridgehead atoms. The number of hydrogen-bond acceptors (Lipinski definition) is 6. The number of rotatable bonds is 10. The number of aryl methyl sites for hydroxylation is 1. The van der Waals surface area contributed by atoms with E-state index in [1.165, 1.54) is 0 Å². The van der Waals surface area contributed by atoms with Crippen molar-refractivity contribution < 1.29 is 28.8 Å². The monoisotopic (exact) mass is 403 g/mol. The van der Waals surface area contributed by atoms with Gasteiger partial charge in [0.1, 0.15) is 23.2 Å². The average Bonchev–Trinajstić information content (AvgIpc) is 2.68. The minimum Gasteiger partial charge on any atom is -0.562 e. The van der Waals surface area contributed by atoms with Gasteiger partial charge in [-0.05, 0) is 30.8 Å². The summed E-state index contributed by atoms with van der Waals surface area (Å²) in [5.74, 6) is -0.430. The highest BCUT2D eigenvalue weighted by atomic mass is 16.5. The Morgan fingerprint density at radius 3 is 2.93 bits per heavy atom. The van der Waals surface area contributed by atoms with E-state index >= 15 is 0 Å². The van der Waals surface area contributed by atoms with Gasteiger partial charge in [0.2, 0.25) is 5.91 Å². The molecule has 3 rings (SSSR count). The third kappa shape index (κ3) is 5.42. The molecule has 1 saturated heterocycles. The Bertz CT molecular complexity index is 738. The Labute approximate surface area is 171 Å². The predicted molar refractivity (Wildman–Crippen MR) is 108 cm³/mol. The number of fused-ring (bicyclic) bond motifs is 1. The fourth-order valence-electron chi connectivity index (χ4n) is 3.59. The fourth-order valence-corrected chi connectivity index (χ4v) is 3.59. The molecular weight excluding hydrogens is 375 g/mol. The van der Waals surface area contributed by atoms with Gasteiger partial charge in [0.15, 0.2) is 0 Å². The normalized spacial score (nSPS) is 17.3. The average molecular weight is 403 g/mol. The Kier molecular flexibility index (Phi) is 7.38. The van der Waals surface area contributed by atoms with Crippen LogP contribution in [-0.2, 0) is 16.0 Å². The number of nitrogens with one attached hydrogen (secondary N) is 1. The van der Waals surface area contributed by atoms with Crippen LogP contribution in [0.3, 0.4) is 0 Å². The maximum absolute atomic E-state index is 12.1. The number of methoxy groups -OCH3 is 1. The lowest BCUT2D eigenvalue weighted by molar-refractivity contribution is -0.126. The quantitative estimate of drug-likeness (QED) is 0.448. The number of carboxylic acid groups (broad SMARTS) is 1. The third-order valence-corrected chi connectivity index (χ3v) is 5.17. The van der Waals surface area contributed by atoms with E-state index in [0.717, 1.165) is 24.7 Å². The van der Waals surface area contributed by atoms with E-state index in [-0.39, 0.29) is 23.5 Å². The molecule has 1 aromatic rings. The Morgan fingerprint density at radius 2 is 2.21 bits per heavy atom. The zero-order chi connectivity index (χ0) is 20.8. The smallest absolute Gasteiger partial charge is 0.370 e. The number of ether oxygens (including phenoxy) is 2. The van der Waals surface area contributed by atoms with Gasteiger partial charge in [-0.15, -0.1) is 0 Å². The zero-order valence-electron chi connectivity index (χ0n) is 17.0. The van der Waals surface area contributed by atoms with Gasteiger partial charge >= 0.3 is 13.5 Å². The van der Waals surface area contributed by atoms with Crippen molar-refractivity contribution in [2.45, 2.75) is 32.2 Å². The van der Waals surface area contributed by atoms with Crippen LogP contribution in [0.2, 0.25) is 6.32 Å². The molecule has 0 aliphatic carbocycles. The summed E-state index contributed by atoms with van der Waals surface area (Å²) in [6.07, 6.45) is 2.22. The first-order valence-corrected chi connectivity index (χ1v) is 10.0. The third-order valence-electron chi connectivity index (χ3n) is 5.17. The molecule has 1 unspecified atom stereocenters. The summed E-state index contributed by atoms with van der Waals surface area (Å²) in [6.45, 7) is 5.10. The highest BCUT2D eigenvalue weighted by Crippen LogP contribution is 2.36. The van der Waals surface area contributed by atoms with Crippen LogP contribution >= 0.6 is 0 Å². The minimum atomic E-state index is -1.05. The molecule has 29 heavy (non-hydrogen) atoms. The van der Waals surface area contributed by atoms with Gasteiger partial charge in [0.25, 0.3) is 0 Å². The number of carboxylic acids is 1. The molecule has 2 N–H and O–H groups in total. The van der Waals surface area contributed by atoms with Gasteiger partial charge in [0.05, 0.1) is 0 Å². The van der Waals surface area contributed by atoms with Crippen molar-refractivity contribution in [2.75, 3.05) is 39.9 Å². The summed E-state index contributed by atoms with van der Waals surface area (Å²) < 4.78 is 16.4. The van der Waals surface area contributed by atoms with Crippen molar-refractivity contribution in [3.05, 3.63) is 23.3 Å². The molecule has 2 aliphatic rings. The largest absolute Gasteiger partial charge is 0.562 e. The van der Waals surface area contributed by atoms with Crippen LogP contribution in [0.15, 0.2) is 12.1 Å². The second kappa shape index (κ2) is 9.98. The first-order chi connectivity index (χ1) is 14.0. The number of amides is 1. The summed E-state index contributed by atoms with van der Waals surface area (Å²) in [4.78, 5) is 26.0. The lowest BCUT2D eigenvalue weighted by atomic mass is 9.85. The topological polar surface area (TPSA) is 97.3 Å². The summed E-state index contributed by atoms with van der Waals surface area (Å²) in [7, 11) is 3.27. The molecule has 157 valence electrons. The van der Waals surface area contributed by atoms with Crippen molar-refractivity contribution in [3.8, 4) is 11.5 Å². The number of aromatic carboxylic acids is 1. The number of hydrogen-bond donors (Lipinski definition) is 2. The molecule has 1 fully saturated rings. The second-order valence-electron chi connectivity index (χ2n) is 7.55. The minimum absolute atomic E-state index is 0.0294. The van der Waals surface area contributed by atoms with E-state index in [1.807, 2.05) is 13.0 Å². The Balaban J connectivity index is 1.48. The van der Waals surface area contributed by atoms with E-state index in [9.17, 15) is 14.7 Å². The maximum atomic E-state index is 12.1. The van der Waals surface area contributed by atoms with Gasteiger partial charge < -0.3 is 24.6 Å². The molecular formula is C20H28BN2O6. The van der Waals surface area contributed by atoms with Crippen LogP contribution in [0.25, 0.3) is 0 Å². The molecule has 1 atom stereocenters. The lowest BCUT2D eigenvalue weighted by Gasteiger charge is -2.40. The molecule has 9 heteroatoms. The summed E-state index contributed by atoms with van der Waals surface area (Å²) in [6, 6.07) is 3.59. The molecule has 1 aromatic carbocycles. The van der Waals surface area contributed by atoms with Crippen molar-refractivity contribution in [1.29, 1.82) is 0 Å². The van der Waals surface area contributed by atoms with Crippen LogP contribution in [0.1, 0.15) is 29.3 Å². The summed E-state index contributed by atoms with van der Waals surface area (Å²) >= 11 is 0. The van der Waals surface area contributed by atoms with Gasteiger partial charge in [0, 0.05) is 45.8 Å². The van der Waals surface area contributed by atoms with Gasteiger partial charge in [-0.1, -0.05) is 13.0 Å². The first-order valence-electron chi connectivity index (χ1n) is 10.0. The molecule has 0 aromatic heterocycles. The number of benzene rings is 1. The van der Waals surface area contributed by atoms with Gasteiger partial charge in [-0.2, -0.15) is 0 Å². The molecule has 1 radical (unpaired) electrons. The van der Waals surface area contributed by atoms with E-state index in [0.29, 0.717) is 44.3 Å². The Hall–Kier alpha value is -2.26. The van der Waals surface area contributed by atoms with Crippen molar-refractivity contribution in [2.24, 2.45) is 5.92 Å². The van der Waals surface area contributed by atoms with Gasteiger partial charge in [-0.3, -0.25) is 9.69 Å². The highest BCUT2D eigenvalue weighted by Gasteiger charge is 2.33. The fraction of sp³-hybridized carbons (Fsp3) is 0.600. The van der Waals surface area contributed by atoms with Crippen LogP contribution in [0.4, 0.5) is 0 Å². The Morgan fingerprint density at radius 1 is 1.41 bits per heavy atom. The van der Waals surface area contributed by atoms with Crippen LogP contribution in [0.5, 0.6) is 11.5 Å². The molecule has 8 nitrogen and oxygen atoms in total.